The average Bonchev–Trinajstić information content (AvgIpc) is 2.38. The maximum Gasteiger partial charge on any atom is 0.253 e. The molecule has 4 nitrogen and oxygen atoms in total. The van der Waals surface area contributed by atoms with Crippen LogP contribution in [0.1, 0.15) is 30.1 Å². The van der Waals surface area contributed by atoms with E-state index < -0.39 is 11.4 Å². The summed E-state index contributed by atoms with van der Waals surface area (Å²) in [6, 6.07) is 4.09. The number of piperidine rings is 1. The Labute approximate surface area is 111 Å². The molecule has 1 amide bonds. The number of aliphatic hydroxyl groups is 1. The summed E-state index contributed by atoms with van der Waals surface area (Å²) in [5, 5.41) is 9.86. The van der Waals surface area contributed by atoms with Crippen LogP contribution < -0.4 is 4.74 Å². The number of halogens is 1. The Morgan fingerprint density at radius 1 is 1.42 bits per heavy atom. The lowest BCUT2D eigenvalue weighted by Crippen LogP contribution is -2.45. The minimum absolute atomic E-state index is 0.0647. The highest BCUT2D eigenvalue weighted by Gasteiger charge is 2.30. The molecule has 1 aliphatic rings. The molecular formula is C14H18FNO3. The molecule has 0 unspecified atom stereocenters. The van der Waals surface area contributed by atoms with E-state index in [2.05, 4.69) is 0 Å². The highest BCUT2D eigenvalue weighted by atomic mass is 19.1. The fourth-order valence-corrected chi connectivity index (χ4v) is 2.17. The molecule has 0 aromatic heterocycles. The van der Waals surface area contributed by atoms with Gasteiger partial charge in [-0.25, -0.2) is 4.39 Å². The van der Waals surface area contributed by atoms with Crippen LogP contribution in [0.15, 0.2) is 18.2 Å². The summed E-state index contributed by atoms with van der Waals surface area (Å²) in [5.41, 5.74) is -0.295. The molecule has 0 atom stereocenters. The lowest BCUT2D eigenvalue weighted by atomic mass is 9.93. The Morgan fingerprint density at radius 3 is 2.63 bits per heavy atom. The van der Waals surface area contributed by atoms with E-state index in [9.17, 15) is 14.3 Å². The molecule has 1 fully saturated rings. The van der Waals surface area contributed by atoms with Crippen molar-refractivity contribution < 1.29 is 19.0 Å². The Hall–Kier alpha value is -1.62. The molecule has 5 heteroatoms. The minimum atomic E-state index is -0.697. The van der Waals surface area contributed by atoms with E-state index in [1.165, 1.54) is 25.3 Å². The van der Waals surface area contributed by atoms with Crippen LogP contribution >= 0.6 is 0 Å². The second-order valence-corrected chi connectivity index (χ2v) is 5.14. The molecule has 1 N–H and O–H groups in total. The number of rotatable bonds is 2. The van der Waals surface area contributed by atoms with Gasteiger partial charge in [-0.2, -0.15) is 0 Å². The minimum Gasteiger partial charge on any atom is -0.494 e. The SMILES string of the molecule is COc1cc(C(=O)N2CCC(C)(O)CC2)ccc1F. The summed E-state index contributed by atoms with van der Waals surface area (Å²) in [7, 11) is 1.37. The molecule has 2 rings (SSSR count). The van der Waals surface area contributed by atoms with E-state index in [0.29, 0.717) is 31.5 Å². The molecule has 1 saturated heterocycles. The molecule has 1 aromatic rings. The van der Waals surface area contributed by atoms with Crippen LogP contribution in [0.4, 0.5) is 4.39 Å². The van der Waals surface area contributed by atoms with Crippen LogP contribution in [0.3, 0.4) is 0 Å². The van der Waals surface area contributed by atoms with Crippen LogP contribution in [0, 0.1) is 5.82 Å². The Morgan fingerprint density at radius 2 is 2.05 bits per heavy atom. The van der Waals surface area contributed by atoms with Crippen molar-refractivity contribution in [2.24, 2.45) is 0 Å². The van der Waals surface area contributed by atoms with Gasteiger partial charge in [-0.15, -0.1) is 0 Å². The third-order valence-electron chi connectivity index (χ3n) is 3.53. The predicted molar refractivity (Wildman–Crippen MR) is 68.7 cm³/mol. The average molecular weight is 267 g/mol. The van der Waals surface area contributed by atoms with Crippen molar-refractivity contribution >= 4 is 5.91 Å². The van der Waals surface area contributed by atoms with E-state index in [1.54, 1.807) is 11.8 Å². The van der Waals surface area contributed by atoms with Crippen LogP contribution in [-0.2, 0) is 0 Å². The smallest absolute Gasteiger partial charge is 0.253 e. The van der Waals surface area contributed by atoms with Crippen molar-refractivity contribution in [3.63, 3.8) is 0 Å². The first-order valence-electron chi connectivity index (χ1n) is 6.28. The van der Waals surface area contributed by atoms with Gasteiger partial charge in [-0.3, -0.25) is 4.79 Å². The topological polar surface area (TPSA) is 49.8 Å². The molecule has 1 aromatic carbocycles. The van der Waals surface area contributed by atoms with Gasteiger partial charge in [0.2, 0.25) is 0 Å². The van der Waals surface area contributed by atoms with Gasteiger partial charge < -0.3 is 14.7 Å². The zero-order valence-corrected chi connectivity index (χ0v) is 11.1. The van der Waals surface area contributed by atoms with Crippen molar-refractivity contribution in [1.82, 2.24) is 4.90 Å². The van der Waals surface area contributed by atoms with Gasteiger partial charge in [-0.05, 0) is 38.0 Å². The second kappa shape index (κ2) is 5.17. The highest BCUT2D eigenvalue weighted by Crippen LogP contribution is 2.24. The van der Waals surface area contributed by atoms with Gasteiger partial charge >= 0.3 is 0 Å². The van der Waals surface area contributed by atoms with Gasteiger partial charge in [-0.1, -0.05) is 0 Å². The third-order valence-corrected chi connectivity index (χ3v) is 3.53. The van der Waals surface area contributed by atoms with Gasteiger partial charge in [0.15, 0.2) is 11.6 Å². The van der Waals surface area contributed by atoms with Crippen molar-refractivity contribution in [3.05, 3.63) is 29.6 Å². The molecular weight excluding hydrogens is 249 g/mol. The molecule has 19 heavy (non-hydrogen) atoms. The lowest BCUT2D eigenvalue weighted by molar-refractivity contribution is -0.00203. The summed E-state index contributed by atoms with van der Waals surface area (Å²) in [4.78, 5) is 13.9. The monoisotopic (exact) mass is 267 g/mol. The lowest BCUT2D eigenvalue weighted by Gasteiger charge is -2.35. The van der Waals surface area contributed by atoms with Crippen molar-refractivity contribution in [2.45, 2.75) is 25.4 Å². The molecule has 0 radical (unpaired) electrons. The fraction of sp³-hybridized carbons (Fsp3) is 0.500. The standard InChI is InChI=1S/C14H18FNO3/c1-14(18)5-7-16(8-6-14)13(17)10-3-4-11(15)12(9-10)19-2/h3-4,9,18H,5-8H2,1-2H3. The molecule has 104 valence electrons. The zero-order valence-electron chi connectivity index (χ0n) is 11.1. The number of ether oxygens (including phenoxy) is 1. The summed E-state index contributed by atoms with van der Waals surface area (Å²) >= 11 is 0. The van der Waals surface area contributed by atoms with E-state index >= 15 is 0 Å². The predicted octanol–water partition coefficient (Wildman–Crippen LogP) is 1.82. The van der Waals surface area contributed by atoms with Gasteiger partial charge in [0.05, 0.1) is 12.7 Å². The molecule has 0 bridgehead atoms. The van der Waals surface area contributed by atoms with Gasteiger partial charge in [0.1, 0.15) is 0 Å². The van der Waals surface area contributed by atoms with Crippen LogP contribution in [0.5, 0.6) is 5.75 Å². The first-order chi connectivity index (χ1) is 8.93. The maximum absolute atomic E-state index is 13.3. The summed E-state index contributed by atoms with van der Waals surface area (Å²) in [6.45, 7) is 2.78. The van der Waals surface area contributed by atoms with Gasteiger partial charge in [0, 0.05) is 18.7 Å². The van der Waals surface area contributed by atoms with Crippen molar-refractivity contribution in [3.8, 4) is 5.75 Å². The second-order valence-electron chi connectivity index (χ2n) is 5.14. The van der Waals surface area contributed by atoms with E-state index in [0.717, 1.165) is 0 Å². The van der Waals surface area contributed by atoms with Gasteiger partial charge in [0.25, 0.3) is 5.91 Å². The summed E-state index contributed by atoms with van der Waals surface area (Å²) < 4.78 is 18.2. The third kappa shape index (κ3) is 3.04. The number of hydrogen-bond acceptors (Lipinski definition) is 3. The zero-order chi connectivity index (χ0) is 14.0. The number of methoxy groups -OCH3 is 1. The molecule has 0 spiro atoms. The first kappa shape index (κ1) is 13.8. The Kier molecular flexibility index (Phi) is 3.75. The number of likely N-dealkylation sites (tertiary alicyclic amines) is 1. The number of carbonyl (C=O) groups excluding carboxylic acids is 1. The molecule has 1 heterocycles. The first-order valence-corrected chi connectivity index (χ1v) is 6.28. The van der Waals surface area contributed by atoms with Crippen LogP contribution in [0.2, 0.25) is 0 Å². The Bertz CT molecular complexity index is 478. The van der Waals surface area contributed by atoms with Crippen LogP contribution in [-0.4, -0.2) is 41.7 Å². The largest absolute Gasteiger partial charge is 0.494 e. The number of carbonyl (C=O) groups is 1. The normalized spacial score (nSPS) is 18.2. The number of benzene rings is 1. The fourth-order valence-electron chi connectivity index (χ4n) is 2.17. The molecule has 1 aliphatic heterocycles. The van der Waals surface area contributed by atoms with E-state index in [1.807, 2.05) is 0 Å². The summed E-state index contributed by atoms with van der Waals surface area (Å²) in [6.07, 6.45) is 1.11. The maximum atomic E-state index is 13.3. The summed E-state index contributed by atoms with van der Waals surface area (Å²) in [5.74, 6) is -0.579. The van der Waals surface area contributed by atoms with E-state index in [4.69, 9.17) is 4.74 Å². The number of amides is 1. The highest BCUT2D eigenvalue weighted by molar-refractivity contribution is 5.94. The quantitative estimate of drug-likeness (QED) is 0.889. The number of nitrogens with zero attached hydrogens (tertiary/aromatic N) is 1. The molecule has 0 saturated carbocycles. The molecule has 0 aliphatic carbocycles. The van der Waals surface area contributed by atoms with Crippen LogP contribution in [0.25, 0.3) is 0 Å². The Balaban J connectivity index is 2.12. The number of hydrogen-bond donors (Lipinski definition) is 1. The van der Waals surface area contributed by atoms with Crippen molar-refractivity contribution in [1.29, 1.82) is 0 Å². The van der Waals surface area contributed by atoms with Crippen molar-refractivity contribution in [2.75, 3.05) is 20.2 Å². The van der Waals surface area contributed by atoms with E-state index in [-0.39, 0.29) is 11.7 Å².